The van der Waals surface area contributed by atoms with E-state index < -0.39 is 17.8 Å². The molecule has 192 valence electrons. The number of hydrogen-bond acceptors (Lipinski definition) is 7. The summed E-state index contributed by atoms with van der Waals surface area (Å²) in [5.74, 6) is -1.13. The van der Waals surface area contributed by atoms with E-state index in [-0.39, 0.29) is 6.61 Å². The molecule has 37 heavy (non-hydrogen) atoms. The molecule has 0 saturated heterocycles. The van der Waals surface area contributed by atoms with Crippen molar-refractivity contribution in [1.29, 1.82) is 0 Å². The molecule has 0 spiro atoms. The highest BCUT2D eigenvalue weighted by Gasteiger charge is 2.30. The zero-order chi connectivity index (χ0) is 26.2. The van der Waals surface area contributed by atoms with Gasteiger partial charge in [-0.25, -0.2) is 10.2 Å². The average molecular weight is 520 g/mol. The summed E-state index contributed by atoms with van der Waals surface area (Å²) in [6.45, 7) is 4.57. The molecule has 9 heteroatoms. The van der Waals surface area contributed by atoms with Gasteiger partial charge in [-0.15, -0.1) is 11.3 Å². The van der Waals surface area contributed by atoms with Gasteiger partial charge in [0.2, 0.25) is 0 Å². The van der Waals surface area contributed by atoms with Crippen LogP contribution in [0.5, 0.6) is 5.75 Å². The molecule has 1 aliphatic rings. The van der Waals surface area contributed by atoms with E-state index >= 15 is 0 Å². The van der Waals surface area contributed by atoms with Crippen molar-refractivity contribution in [3.05, 3.63) is 81.7 Å². The number of anilines is 1. The van der Waals surface area contributed by atoms with Crippen molar-refractivity contribution in [3.63, 3.8) is 0 Å². The Kier molecular flexibility index (Phi) is 8.68. The van der Waals surface area contributed by atoms with Crippen LogP contribution < -0.4 is 15.5 Å². The Bertz CT molecular complexity index is 1290. The van der Waals surface area contributed by atoms with Gasteiger partial charge in [-0.3, -0.25) is 9.59 Å². The van der Waals surface area contributed by atoms with Gasteiger partial charge >= 0.3 is 17.8 Å². The summed E-state index contributed by atoms with van der Waals surface area (Å²) in [4.78, 5) is 38.5. The standard InChI is InChI=1S/C28H29N3O5S/c1-3-35-28(34)24-22-14-9-18(2)15-23(22)37-27(24)30-25(32)26(33)31-29-16-19-10-12-21(13-11-19)36-17-20-7-5-4-6-8-20/h4-8,10-13,16,18H,3,9,14-15,17H2,1-2H3,(H,30,32)(H,31,33)/b29-16+. The zero-order valence-electron chi connectivity index (χ0n) is 20.8. The van der Waals surface area contributed by atoms with E-state index in [1.54, 1.807) is 31.2 Å². The molecule has 1 aromatic heterocycles. The van der Waals surface area contributed by atoms with Crippen molar-refractivity contribution in [3.8, 4) is 5.75 Å². The maximum Gasteiger partial charge on any atom is 0.341 e. The Balaban J connectivity index is 1.33. The summed E-state index contributed by atoms with van der Waals surface area (Å²) in [5.41, 5.74) is 5.28. The van der Waals surface area contributed by atoms with Crippen LogP contribution in [0.3, 0.4) is 0 Å². The van der Waals surface area contributed by atoms with Crippen LogP contribution in [-0.4, -0.2) is 30.6 Å². The summed E-state index contributed by atoms with van der Waals surface area (Å²) in [7, 11) is 0. The fourth-order valence-electron chi connectivity index (χ4n) is 4.03. The van der Waals surface area contributed by atoms with Gasteiger partial charge in [0, 0.05) is 4.88 Å². The molecule has 1 heterocycles. The number of carbonyl (C=O) groups is 3. The predicted octanol–water partition coefficient (Wildman–Crippen LogP) is 4.72. The van der Waals surface area contributed by atoms with E-state index in [2.05, 4.69) is 22.8 Å². The Morgan fingerprint density at radius 2 is 1.84 bits per heavy atom. The van der Waals surface area contributed by atoms with Crippen molar-refractivity contribution in [2.75, 3.05) is 11.9 Å². The molecule has 2 aromatic carbocycles. The number of fused-ring (bicyclic) bond motifs is 1. The van der Waals surface area contributed by atoms with Gasteiger partial charge in [-0.2, -0.15) is 5.10 Å². The fraction of sp³-hybridized carbons (Fsp3) is 0.286. The van der Waals surface area contributed by atoms with Crippen molar-refractivity contribution >= 4 is 40.3 Å². The summed E-state index contributed by atoms with van der Waals surface area (Å²) in [6.07, 6.45) is 3.96. The van der Waals surface area contributed by atoms with Crippen LogP contribution in [-0.2, 0) is 33.8 Å². The van der Waals surface area contributed by atoms with Crippen LogP contribution in [0.15, 0.2) is 59.7 Å². The van der Waals surface area contributed by atoms with Crippen molar-refractivity contribution in [2.24, 2.45) is 11.0 Å². The molecular formula is C28H29N3O5S. The van der Waals surface area contributed by atoms with E-state index in [0.717, 1.165) is 40.8 Å². The third-order valence-corrected chi connectivity index (χ3v) is 7.10. The Hall–Kier alpha value is -3.98. The second kappa shape index (κ2) is 12.3. The quantitative estimate of drug-likeness (QED) is 0.194. The van der Waals surface area contributed by atoms with Crippen LogP contribution >= 0.6 is 11.3 Å². The number of carbonyl (C=O) groups excluding carboxylic acids is 3. The van der Waals surface area contributed by atoms with Crippen molar-refractivity contribution < 1.29 is 23.9 Å². The summed E-state index contributed by atoms with van der Waals surface area (Å²) in [5, 5.41) is 6.80. The second-order valence-electron chi connectivity index (χ2n) is 8.77. The van der Waals surface area contributed by atoms with Crippen molar-refractivity contribution in [2.45, 2.75) is 39.7 Å². The predicted molar refractivity (Wildman–Crippen MR) is 143 cm³/mol. The maximum absolute atomic E-state index is 12.6. The normalized spacial score (nSPS) is 14.6. The summed E-state index contributed by atoms with van der Waals surface area (Å²) < 4.78 is 11.0. The highest BCUT2D eigenvalue weighted by Crippen LogP contribution is 2.40. The minimum Gasteiger partial charge on any atom is -0.489 e. The zero-order valence-corrected chi connectivity index (χ0v) is 21.6. The number of hydrazone groups is 1. The fourth-order valence-corrected chi connectivity index (χ4v) is 5.42. The molecule has 3 aromatic rings. The smallest absolute Gasteiger partial charge is 0.341 e. The number of ether oxygens (including phenoxy) is 2. The largest absolute Gasteiger partial charge is 0.489 e. The molecule has 0 bridgehead atoms. The highest BCUT2D eigenvalue weighted by molar-refractivity contribution is 7.17. The lowest BCUT2D eigenvalue weighted by atomic mass is 9.88. The van der Waals surface area contributed by atoms with Gasteiger partial charge < -0.3 is 14.8 Å². The molecule has 8 nitrogen and oxygen atoms in total. The van der Waals surface area contributed by atoms with E-state index in [1.807, 2.05) is 30.3 Å². The van der Waals surface area contributed by atoms with Crippen LogP contribution in [0.4, 0.5) is 5.00 Å². The number of amides is 2. The number of hydrogen-bond donors (Lipinski definition) is 2. The number of benzene rings is 2. The Labute approximate surface area is 219 Å². The number of nitrogens with zero attached hydrogens (tertiary/aromatic N) is 1. The van der Waals surface area contributed by atoms with E-state index in [1.165, 1.54) is 17.6 Å². The van der Waals surface area contributed by atoms with Crippen LogP contribution in [0.25, 0.3) is 0 Å². The van der Waals surface area contributed by atoms with Gasteiger partial charge in [-0.05, 0) is 73.1 Å². The summed E-state index contributed by atoms with van der Waals surface area (Å²) >= 11 is 1.33. The van der Waals surface area contributed by atoms with Gasteiger partial charge in [0.15, 0.2) is 0 Å². The number of esters is 1. The molecular weight excluding hydrogens is 490 g/mol. The number of rotatable bonds is 8. The lowest BCUT2D eigenvalue weighted by molar-refractivity contribution is -0.136. The number of nitrogens with one attached hydrogen (secondary N) is 2. The van der Waals surface area contributed by atoms with Gasteiger partial charge in [0.25, 0.3) is 0 Å². The third kappa shape index (κ3) is 6.83. The monoisotopic (exact) mass is 519 g/mol. The first-order valence-corrected chi connectivity index (χ1v) is 13.0. The molecule has 0 radical (unpaired) electrons. The molecule has 0 fully saturated rings. The van der Waals surface area contributed by atoms with Gasteiger partial charge in [0.05, 0.1) is 18.4 Å². The first-order valence-electron chi connectivity index (χ1n) is 12.2. The van der Waals surface area contributed by atoms with Crippen molar-refractivity contribution in [1.82, 2.24) is 5.43 Å². The molecule has 4 rings (SSSR count). The topological polar surface area (TPSA) is 106 Å². The summed E-state index contributed by atoms with van der Waals surface area (Å²) in [6, 6.07) is 17.0. The van der Waals surface area contributed by atoms with Gasteiger partial charge in [-0.1, -0.05) is 37.3 Å². The lowest BCUT2D eigenvalue weighted by Gasteiger charge is -2.18. The van der Waals surface area contributed by atoms with E-state index in [4.69, 9.17) is 9.47 Å². The molecule has 0 saturated carbocycles. The van der Waals surface area contributed by atoms with Gasteiger partial charge in [0.1, 0.15) is 17.4 Å². The number of thiophene rings is 1. The average Bonchev–Trinajstić information content (AvgIpc) is 3.25. The third-order valence-electron chi connectivity index (χ3n) is 5.93. The molecule has 1 aliphatic carbocycles. The molecule has 1 atom stereocenters. The first kappa shape index (κ1) is 26.1. The van der Waals surface area contributed by atoms with E-state index in [0.29, 0.717) is 28.8 Å². The molecule has 2 amide bonds. The van der Waals surface area contributed by atoms with Crippen LogP contribution in [0.1, 0.15) is 52.2 Å². The van der Waals surface area contributed by atoms with Crippen LogP contribution in [0.2, 0.25) is 0 Å². The Morgan fingerprint density at radius 3 is 2.57 bits per heavy atom. The van der Waals surface area contributed by atoms with Crippen LogP contribution in [0, 0.1) is 5.92 Å². The molecule has 2 N–H and O–H groups in total. The molecule has 0 aliphatic heterocycles. The SMILES string of the molecule is CCOC(=O)c1c(NC(=O)C(=O)N/N=C/c2ccc(OCc3ccccc3)cc2)sc2c1CCC(C)C2. The highest BCUT2D eigenvalue weighted by atomic mass is 32.1. The molecule has 1 unspecified atom stereocenters. The first-order chi connectivity index (χ1) is 17.9. The maximum atomic E-state index is 12.6. The Morgan fingerprint density at radius 1 is 1.08 bits per heavy atom. The second-order valence-corrected chi connectivity index (χ2v) is 9.88. The minimum atomic E-state index is -0.936. The van der Waals surface area contributed by atoms with E-state index in [9.17, 15) is 14.4 Å². The lowest BCUT2D eigenvalue weighted by Crippen LogP contribution is -2.32. The minimum absolute atomic E-state index is 0.225.